The van der Waals surface area contributed by atoms with Gasteiger partial charge in [0.1, 0.15) is 0 Å². The van der Waals surface area contributed by atoms with Gasteiger partial charge in [0.2, 0.25) is 5.91 Å². The second-order valence-corrected chi connectivity index (χ2v) is 6.75. The molecule has 21 heavy (non-hydrogen) atoms. The van der Waals surface area contributed by atoms with E-state index in [9.17, 15) is 4.79 Å². The lowest BCUT2D eigenvalue weighted by Gasteiger charge is -2.23. The average molecular weight is 338 g/mol. The molecule has 2 heterocycles. The molecule has 2 aliphatic heterocycles. The Balaban J connectivity index is 0.00000110. The van der Waals surface area contributed by atoms with Gasteiger partial charge in [-0.3, -0.25) is 4.79 Å². The van der Waals surface area contributed by atoms with Crippen LogP contribution in [0.15, 0.2) is 0 Å². The lowest BCUT2D eigenvalue weighted by molar-refractivity contribution is -0.132. The van der Waals surface area contributed by atoms with Crippen LogP contribution in [0.1, 0.15) is 32.1 Å². The average Bonchev–Trinajstić information content (AvgIpc) is 2.90. The fourth-order valence-corrected chi connectivity index (χ4v) is 3.55. The molecule has 3 fully saturated rings. The van der Waals surface area contributed by atoms with Crippen molar-refractivity contribution in [3.63, 3.8) is 0 Å². The molecule has 3 aliphatic rings. The summed E-state index contributed by atoms with van der Waals surface area (Å²) in [6.07, 6.45) is 6.22. The van der Waals surface area contributed by atoms with Crippen molar-refractivity contribution in [2.45, 2.75) is 38.1 Å². The molecule has 0 radical (unpaired) electrons. The molecule has 6 heteroatoms. The van der Waals surface area contributed by atoms with Crippen molar-refractivity contribution in [1.29, 1.82) is 0 Å². The predicted octanol–water partition coefficient (Wildman–Crippen LogP) is 1.77. The first-order chi connectivity index (χ1) is 9.22. The Morgan fingerprint density at radius 2 is 1.86 bits per heavy atom. The minimum atomic E-state index is 0. The van der Waals surface area contributed by atoms with E-state index in [1.807, 2.05) is 0 Å². The highest BCUT2D eigenvalue weighted by Gasteiger charge is 2.33. The van der Waals surface area contributed by atoms with Crippen LogP contribution in [-0.4, -0.2) is 61.5 Å². The van der Waals surface area contributed by atoms with Crippen molar-refractivity contribution in [2.24, 2.45) is 11.8 Å². The van der Waals surface area contributed by atoms with Gasteiger partial charge in [0.25, 0.3) is 0 Å². The second-order valence-electron chi connectivity index (χ2n) is 6.75. The molecule has 3 rings (SSSR count). The van der Waals surface area contributed by atoms with Gasteiger partial charge >= 0.3 is 0 Å². The number of nitrogens with zero attached hydrogens (tertiary/aromatic N) is 2. The van der Waals surface area contributed by atoms with Crippen molar-refractivity contribution < 1.29 is 4.79 Å². The Labute approximate surface area is 140 Å². The number of amides is 1. The van der Waals surface area contributed by atoms with Crippen molar-refractivity contribution in [3.05, 3.63) is 0 Å². The Hall–Kier alpha value is -0.0300. The SMILES string of the molecule is CN(CC1CC1)CC1CCN(C(=O)C2CCCN2)C1.Cl.Cl. The highest BCUT2D eigenvalue weighted by molar-refractivity contribution is 5.85. The van der Waals surface area contributed by atoms with Gasteiger partial charge in [0, 0.05) is 26.2 Å². The molecule has 4 nitrogen and oxygen atoms in total. The molecular formula is C15H29Cl2N3O. The molecule has 0 aromatic carbocycles. The Morgan fingerprint density at radius 1 is 1.14 bits per heavy atom. The van der Waals surface area contributed by atoms with Crippen LogP contribution >= 0.6 is 24.8 Å². The van der Waals surface area contributed by atoms with Gasteiger partial charge in [-0.15, -0.1) is 24.8 Å². The fourth-order valence-electron chi connectivity index (χ4n) is 3.55. The molecule has 2 atom stereocenters. The number of likely N-dealkylation sites (tertiary alicyclic amines) is 1. The number of halogens is 2. The summed E-state index contributed by atoms with van der Waals surface area (Å²) < 4.78 is 0. The van der Waals surface area contributed by atoms with E-state index in [0.29, 0.717) is 11.8 Å². The first kappa shape index (κ1) is 19.0. The van der Waals surface area contributed by atoms with Crippen LogP contribution in [0.4, 0.5) is 0 Å². The molecule has 0 aromatic heterocycles. The van der Waals surface area contributed by atoms with E-state index in [0.717, 1.165) is 38.4 Å². The highest BCUT2D eigenvalue weighted by Crippen LogP contribution is 2.30. The predicted molar refractivity (Wildman–Crippen MR) is 90.4 cm³/mol. The van der Waals surface area contributed by atoms with E-state index in [-0.39, 0.29) is 30.9 Å². The molecule has 1 saturated carbocycles. The lowest BCUT2D eigenvalue weighted by Crippen LogP contribution is -2.42. The van der Waals surface area contributed by atoms with Gasteiger partial charge in [-0.1, -0.05) is 0 Å². The number of rotatable bonds is 5. The zero-order valence-electron chi connectivity index (χ0n) is 12.9. The number of nitrogens with one attached hydrogen (secondary N) is 1. The molecule has 0 aromatic rings. The molecule has 0 spiro atoms. The summed E-state index contributed by atoms with van der Waals surface area (Å²) in [4.78, 5) is 16.9. The molecule has 1 N–H and O–H groups in total. The first-order valence-electron chi connectivity index (χ1n) is 7.93. The van der Waals surface area contributed by atoms with E-state index in [1.54, 1.807) is 0 Å². The largest absolute Gasteiger partial charge is 0.341 e. The van der Waals surface area contributed by atoms with Gasteiger partial charge in [-0.05, 0) is 57.5 Å². The van der Waals surface area contributed by atoms with Crippen LogP contribution in [-0.2, 0) is 4.79 Å². The maximum Gasteiger partial charge on any atom is 0.239 e. The molecule has 124 valence electrons. The van der Waals surface area contributed by atoms with Crippen LogP contribution < -0.4 is 5.32 Å². The van der Waals surface area contributed by atoms with Gasteiger partial charge in [-0.2, -0.15) is 0 Å². The van der Waals surface area contributed by atoms with E-state index >= 15 is 0 Å². The fraction of sp³-hybridized carbons (Fsp3) is 0.933. The highest BCUT2D eigenvalue weighted by atomic mass is 35.5. The normalized spacial score (nSPS) is 28.4. The molecule has 1 aliphatic carbocycles. The summed E-state index contributed by atoms with van der Waals surface area (Å²) in [5, 5.41) is 3.32. The molecule has 1 amide bonds. The number of carbonyl (C=O) groups excluding carboxylic acids is 1. The number of hydrogen-bond donors (Lipinski definition) is 1. The van der Waals surface area contributed by atoms with Crippen LogP contribution in [0.5, 0.6) is 0 Å². The summed E-state index contributed by atoms with van der Waals surface area (Å²) >= 11 is 0. The molecule has 2 unspecified atom stereocenters. The minimum absolute atomic E-state index is 0. The van der Waals surface area contributed by atoms with Gasteiger partial charge in [0.15, 0.2) is 0 Å². The Morgan fingerprint density at radius 3 is 2.48 bits per heavy atom. The third-order valence-corrected chi connectivity index (χ3v) is 4.79. The Bertz CT molecular complexity index is 333. The van der Waals surface area contributed by atoms with E-state index in [1.165, 1.54) is 32.4 Å². The monoisotopic (exact) mass is 337 g/mol. The maximum absolute atomic E-state index is 12.3. The summed E-state index contributed by atoms with van der Waals surface area (Å²) in [6.45, 7) is 5.38. The second kappa shape index (κ2) is 8.56. The van der Waals surface area contributed by atoms with Crippen LogP contribution in [0.2, 0.25) is 0 Å². The third-order valence-electron chi connectivity index (χ3n) is 4.79. The summed E-state index contributed by atoms with van der Waals surface area (Å²) in [7, 11) is 2.24. The van der Waals surface area contributed by atoms with E-state index < -0.39 is 0 Å². The lowest BCUT2D eigenvalue weighted by atomic mass is 10.1. The van der Waals surface area contributed by atoms with Crippen LogP contribution in [0.3, 0.4) is 0 Å². The first-order valence-corrected chi connectivity index (χ1v) is 7.93. The van der Waals surface area contributed by atoms with Crippen LogP contribution in [0, 0.1) is 11.8 Å². The number of carbonyl (C=O) groups is 1. The molecule has 0 bridgehead atoms. The third kappa shape index (κ3) is 5.27. The van der Waals surface area contributed by atoms with Crippen molar-refractivity contribution in [1.82, 2.24) is 15.1 Å². The Kier molecular flexibility index (Phi) is 7.75. The molecular weight excluding hydrogens is 309 g/mol. The molecule has 2 saturated heterocycles. The van der Waals surface area contributed by atoms with Gasteiger partial charge in [0.05, 0.1) is 6.04 Å². The van der Waals surface area contributed by atoms with Crippen LogP contribution in [0.25, 0.3) is 0 Å². The minimum Gasteiger partial charge on any atom is -0.341 e. The summed E-state index contributed by atoms with van der Waals surface area (Å²) in [6, 6.07) is 0.114. The zero-order chi connectivity index (χ0) is 13.2. The quantitative estimate of drug-likeness (QED) is 0.830. The topological polar surface area (TPSA) is 35.6 Å². The zero-order valence-corrected chi connectivity index (χ0v) is 14.6. The maximum atomic E-state index is 12.3. The van der Waals surface area contributed by atoms with Gasteiger partial charge < -0.3 is 15.1 Å². The number of hydrogen-bond acceptors (Lipinski definition) is 3. The van der Waals surface area contributed by atoms with Crippen molar-refractivity contribution in [3.8, 4) is 0 Å². The van der Waals surface area contributed by atoms with E-state index in [2.05, 4.69) is 22.2 Å². The summed E-state index contributed by atoms with van der Waals surface area (Å²) in [5.41, 5.74) is 0. The smallest absolute Gasteiger partial charge is 0.239 e. The standard InChI is InChI=1S/C15H27N3O.2ClH/c1-17(9-12-4-5-12)10-13-6-8-18(11-13)15(19)14-3-2-7-16-14;;/h12-14,16H,2-11H2,1H3;2*1H. The van der Waals surface area contributed by atoms with Crippen molar-refractivity contribution >= 4 is 30.7 Å². The van der Waals surface area contributed by atoms with Crippen molar-refractivity contribution in [2.75, 3.05) is 39.8 Å². The summed E-state index contributed by atoms with van der Waals surface area (Å²) in [5.74, 6) is 2.01. The van der Waals surface area contributed by atoms with E-state index in [4.69, 9.17) is 0 Å². The van der Waals surface area contributed by atoms with Gasteiger partial charge in [-0.25, -0.2) is 0 Å².